The molecule has 0 aliphatic carbocycles. The smallest absolute Gasteiger partial charge is 0.256 e. The van der Waals surface area contributed by atoms with Crippen LogP contribution in [0.1, 0.15) is 58.8 Å². The SMILES string of the molecule is CCC(NC(=O)c1ccc2[nH]nc(NC(=O)c3ccc(N4CC(C)OC(C)C4)cc3)c2c1)c1cccs1. The summed E-state index contributed by atoms with van der Waals surface area (Å²) in [6.45, 7) is 7.82. The zero-order valence-corrected chi connectivity index (χ0v) is 22.0. The molecule has 37 heavy (non-hydrogen) atoms. The van der Waals surface area contributed by atoms with E-state index in [4.69, 9.17) is 4.74 Å². The number of carbonyl (C=O) groups is 2. The first-order chi connectivity index (χ1) is 17.9. The van der Waals surface area contributed by atoms with Gasteiger partial charge in [-0.3, -0.25) is 14.7 Å². The molecule has 5 rings (SSSR count). The Morgan fingerprint density at radius 2 is 1.81 bits per heavy atom. The summed E-state index contributed by atoms with van der Waals surface area (Å²) >= 11 is 1.63. The van der Waals surface area contributed by atoms with Gasteiger partial charge in [0.2, 0.25) is 0 Å². The van der Waals surface area contributed by atoms with E-state index in [0.29, 0.717) is 22.3 Å². The van der Waals surface area contributed by atoms with Crippen LogP contribution < -0.4 is 15.5 Å². The molecule has 1 fully saturated rings. The van der Waals surface area contributed by atoms with Crippen LogP contribution in [0, 0.1) is 0 Å². The molecule has 0 saturated carbocycles. The van der Waals surface area contributed by atoms with Crippen LogP contribution in [0.5, 0.6) is 0 Å². The minimum absolute atomic E-state index is 0.0430. The van der Waals surface area contributed by atoms with Gasteiger partial charge in [0.15, 0.2) is 5.82 Å². The number of hydrogen-bond donors (Lipinski definition) is 3. The highest BCUT2D eigenvalue weighted by atomic mass is 32.1. The van der Waals surface area contributed by atoms with Crippen LogP contribution in [0.2, 0.25) is 0 Å². The number of morpholine rings is 1. The third-order valence-electron chi connectivity index (χ3n) is 6.57. The molecule has 1 aliphatic heterocycles. The van der Waals surface area contributed by atoms with Crippen LogP contribution in [0.3, 0.4) is 0 Å². The molecular weight excluding hydrogens is 486 g/mol. The molecule has 0 spiro atoms. The highest BCUT2D eigenvalue weighted by Gasteiger charge is 2.23. The van der Waals surface area contributed by atoms with Crippen LogP contribution >= 0.6 is 11.3 Å². The van der Waals surface area contributed by atoms with Crippen molar-refractivity contribution in [2.75, 3.05) is 23.3 Å². The second-order valence-corrected chi connectivity index (χ2v) is 10.4. The van der Waals surface area contributed by atoms with E-state index in [1.807, 2.05) is 48.7 Å². The van der Waals surface area contributed by atoms with Gasteiger partial charge in [-0.25, -0.2) is 0 Å². The van der Waals surface area contributed by atoms with Gasteiger partial charge < -0.3 is 20.3 Å². The second-order valence-electron chi connectivity index (χ2n) is 9.45. The van der Waals surface area contributed by atoms with E-state index in [0.717, 1.165) is 35.6 Å². The van der Waals surface area contributed by atoms with Crippen LogP contribution in [0.25, 0.3) is 10.9 Å². The number of aromatic amines is 1. The molecule has 2 aromatic heterocycles. The number of nitrogens with one attached hydrogen (secondary N) is 3. The van der Waals surface area contributed by atoms with Gasteiger partial charge >= 0.3 is 0 Å². The van der Waals surface area contributed by atoms with E-state index in [1.165, 1.54) is 0 Å². The number of carbonyl (C=O) groups excluding carboxylic acids is 2. The van der Waals surface area contributed by atoms with E-state index >= 15 is 0 Å². The van der Waals surface area contributed by atoms with Gasteiger partial charge in [-0.05, 0) is 74.2 Å². The van der Waals surface area contributed by atoms with Crippen molar-refractivity contribution in [2.24, 2.45) is 0 Å². The largest absolute Gasteiger partial charge is 0.372 e. The molecule has 3 heterocycles. The predicted octanol–water partition coefficient (Wildman–Crippen LogP) is 5.37. The van der Waals surface area contributed by atoms with Crippen molar-refractivity contribution in [3.63, 3.8) is 0 Å². The molecule has 2 amide bonds. The average Bonchev–Trinajstić information content (AvgIpc) is 3.57. The van der Waals surface area contributed by atoms with Gasteiger partial charge in [-0.15, -0.1) is 11.3 Å². The second kappa shape index (κ2) is 10.7. The average molecular weight is 518 g/mol. The number of benzene rings is 2. The summed E-state index contributed by atoms with van der Waals surface area (Å²) in [5.41, 5.74) is 2.85. The maximum Gasteiger partial charge on any atom is 0.256 e. The van der Waals surface area contributed by atoms with Gasteiger partial charge in [-0.2, -0.15) is 5.10 Å². The normalized spacial score (nSPS) is 18.5. The summed E-state index contributed by atoms with van der Waals surface area (Å²) in [6, 6.07) is 16.8. The summed E-state index contributed by atoms with van der Waals surface area (Å²) < 4.78 is 5.82. The number of aromatic nitrogens is 2. The highest BCUT2D eigenvalue weighted by molar-refractivity contribution is 7.10. The maximum atomic E-state index is 13.0. The van der Waals surface area contributed by atoms with Crippen LogP contribution in [0.4, 0.5) is 11.5 Å². The molecule has 8 nitrogen and oxygen atoms in total. The van der Waals surface area contributed by atoms with Crippen molar-refractivity contribution < 1.29 is 14.3 Å². The molecule has 192 valence electrons. The lowest BCUT2D eigenvalue weighted by atomic mass is 10.1. The molecule has 3 N–H and O–H groups in total. The fraction of sp³-hybridized carbons (Fsp3) is 0.321. The Hall–Kier alpha value is -3.69. The molecule has 2 aromatic carbocycles. The predicted molar refractivity (Wildman–Crippen MR) is 148 cm³/mol. The Morgan fingerprint density at radius 1 is 1.08 bits per heavy atom. The summed E-state index contributed by atoms with van der Waals surface area (Å²) in [5, 5.41) is 15.9. The highest BCUT2D eigenvalue weighted by Crippen LogP contribution is 2.26. The van der Waals surface area contributed by atoms with Crippen molar-refractivity contribution in [1.82, 2.24) is 15.5 Å². The van der Waals surface area contributed by atoms with Crippen molar-refractivity contribution in [2.45, 2.75) is 45.4 Å². The van der Waals surface area contributed by atoms with E-state index in [-0.39, 0.29) is 30.1 Å². The number of rotatable bonds is 7. The monoisotopic (exact) mass is 517 g/mol. The topological polar surface area (TPSA) is 99.3 Å². The minimum atomic E-state index is -0.262. The van der Waals surface area contributed by atoms with Crippen LogP contribution in [-0.4, -0.2) is 47.3 Å². The Bertz CT molecular complexity index is 1370. The Kier molecular flexibility index (Phi) is 7.25. The molecule has 0 radical (unpaired) electrons. The number of ether oxygens (including phenoxy) is 1. The lowest BCUT2D eigenvalue weighted by Gasteiger charge is -2.36. The lowest BCUT2D eigenvalue weighted by molar-refractivity contribution is -0.00522. The van der Waals surface area contributed by atoms with Crippen LogP contribution in [0.15, 0.2) is 60.0 Å². The quantitative estimate of drug-likeness (QED) is 0.306. The number of fused-ring (bicyclic) bond motifs is 1. The fourth-order valence-corrected chi connectivity index (χ4v) is 5.61. The molecule has 4 aromatic rings. The molecule has 3 unspecified atom stereocenters. The number of H-pyrrole nitrogens is 1. The third-order valence-corrected chi connectivity index (χ3v) is 7.56. The van der Waals surface area contributed by atoms with Crippen molar-refractivity contribution in [1.29, 1.82) is 0 Å². The first kappa shape index (κ1) is 25.0. The minimum Gasteiger partial charge on any atom is -0.372 e. The Morgan fingerprint density at radius 3 is 2.49 bits per heavy atom. The van der Waals surface area contributed by atoms with Crippen molar-refractivity contribution in [3.8, 4) is 0 Å². The van der Waals surface area contributed by atoms with E-state index in [1.54, 1.807) is 29.5 Å². The molecule has 0 bridgehead atoms. The first-order valence-corrected chi connectivity index (χ1v) is 13.4. The van der Waals surface area contributed by atoms with Gasteiger partial charge in [0.05, 0.1) is 23.8 Å². The molecule has 1 aliphatic rings. The first-order valence-electron chi connectivity index (χ1n) is 12.6. The number of amides is 2. The number of anilines is 2. The maximum absolute atomic E-state index is 13.0. The van der Waals surface area contributed by atoms with E-state index in [9.17, 15) is 9.59 Å². The molecule has 9 heteroatoms. The lowest BCUT2D eigenvalue weighted by Crippen LogP contribution is -2.45. The zero-order chi connectivity index (χ0) is 25.9. The Labute approximate surface area is 220 Å². The van der Waals surface area contributed by atoms with Crippen molar-refractivity contribution >= 4 is 45.6 Å². The van der Waals surface area contributed by atoms with E-state index < -0.39 is 0 Å². The number of nitrogens with zero attached hydrogens (tertiary/aromatic N) is 2. The van der Waals surface area contributed by atoms with Crippen molar-refractivity contribution in [3.05, 3.63) is 76.0 Å². The third kappa shape index (κ3) is 5.52. The summed E-state index contributed by atoms with van der Waals surface area (Å²) in [6.07, 6.45) is 1.12. The standard InChI is InChI=1S/C28H31N5O3S/c1-4-23(25-6-5-13-37-25)29-28(35)20-9-12-24-22(14-20)26(32-31-24)30-27(34)19-7-10-21(11-8-19)33-15-17(2)36-18(3)16-33/h5-14,17-18,23H,4,15-16H2,1-3H3,(H,29,35)(H2,30,31,32,34). The summed E-state index contributed by atoms with van der Waals surface area (Å²) in [4.78, 5) is 29.4. The van der Waals surface area contributed by atoms with Crippen LogP contribution in [-0.2, 0) is 4.74 Å². The molecular formula is C28H31N5O3S. The summed E-state index contributed by atoms with van der Waals surface area (Å²) in [5.74, 6) is -0.0370. The van der Waals surface area contributed by atoms with E-state index in [2.05, 4.69) is 39.6 Å². The van der Waals surface area contributed by atoms with Gasteiger partial charge in [0.25, 0.3) is 11.8 Å². The molecule has 3 atom stereocenters. The summed E-state index contributed by atoms with van der Waals surface area (Å²) in [7, 11) is 0. The molecule has 1 saturated heterocycles. The number of hydrogen-bond acceptors (Lipinski definition) is 6. The van der Waals surface area contributed by atoms with Gasteiger partial charge in [0, 0.05) is 40.2 Å². The fourth-order valence-electron chi connectivity index (χ4n) is 4.75. The zero-order valence-electron chi connectivity index (χ0n) is 21.2. The Balaban J connectivity index is 1.29. The van der Waals surface area contributed by atoms with Gasteiger partial charge in [-0.1, -0.05) is 13.0 Å². The number of thiophene rings is 1. The van der Waals surface area contributed by atoms with Gasteiger partial charge in [0.1, 0.15) is 0 Å².